The number of hydrogen-bond donors (Lipinski definition) is 3. The molecule has 160 valence electrons. The minimum atomic E-state index is -0.613. The summed E-state index contributed by atoms with van der Waals surface area (Å²) < 4.78 is 0. The first kappa shape index (κ1) is 22.9. The second-order valence-electron chi connectivity index (χ2n) is 8.32. The van der Waals surface area contributed by atoms with E-state index in [1.54, 1.807) is 11.8 Å². The average Bonchev–Trinajstić information content (AvgIpc) is 2.73. The zero-order chi connectivity index (χ0) is 21.6. The number of likely N-dealkylation sites (tertiary alicyclic amines) is 1. The maximum atomic E-state index is 12.6. The number of carbonyl (C=O) groups is 3. The Balaban J connectivity index is 1.80. The van der Waals surface area contributed by atoms with E-state index in [0.29, 0.717) is 25.9 Å². The van der Waals surface area contributed by atoms with Crippen molar-refractivity contribution in [3.63, 3.8) is 0 Å². The first-order chi connectivity index (χ1) is 13.7. The van der Waals surface area contributed by atoms with E-state index in [-0.39, 0.29) is 41.6 Å². The monoisotopic (exact) mass is 403 g/mol. The summed E-state index contributed by atoms with van der Waals surface area (Å²) in [5, 5.41) is 5.76. The van der Waals surface area contributed by atoms with Crippen LogP contribution in [0.25, 0.3) is 0 Å². The summed E-state index contributed by atoms with van der Waals surface area (Å²) in [7, 11) is 0. The molecular formula is C22H35N4O3+. The topological polar surface area (TPSA) is 106 Å². The molecule has 0 bridgehead atoms. The first-order valence-electron chi connectivity index (χ1n) is 10.5. The Morgan fingerprint density at radius 3 is 2.14 bits per heavy atom. The van der Waals surface area contributed by atoms with E-state index in [1.807, 2.05) is 51.1 Å². The molecule has 1 aliphatic rings. The summed E-state index contributed by atoms with van der Waals surface area (Å²) in [4.78, 5) is 39.2. The normalized spacial score (nSPS) is 18.1. The molecule has 1 aliphatic heterocycles. The van der Waals surface area contributed by atoms with E-state index in [9.17, 15) is 14.4 Å². The summed E-state index contributed by atoms with van der Waals surface area (Å²) in [5.41, 5.74) is 4.97. The Bertz CT molecular complexity index is 699. The lowest BCUT2D eigenvalue weighted by Gasteiger charge is -2.33. The third-order valence-corrected chi connectivity index (χ3v) is 5.71. The molecule has 29 heavy (non-hydrogen) atoms. The van der Waals surface area contributed by atoms with Crippen molar-refractivity contribution in [2.45, 2.75) is 58.7 Å². The summed E-state index contributed by atoms with van der Waals surface area (Å²) in [6, 6.07) is 8.71. The summed E-state index contributed by atoms with van der Waals surface area (Å²) in [5.74, 6) is -0.257. The molecule has 0 spiro atoms. The molecular weight excluding hydrogens is 368 g/mol. The van der Waals surface area contributed by atoms with Gasteiger partial charge in [-0.25, -0.2) is 0 Å². The molecule has 0 saturated carbocycles. The first-order valence-corrected chi connectivity index (χ1v) is 10.5. The fourth-order valence-corrected chi connectivity index (χ4v) is 3.44. The van der Waals surface area contributed by atoms with Gasteiger partial charge in [-0.2, -0.15) is 0 Å². The Morgan fingerprint density at radius 1 is 1.00 bits per heavy atom. The molecule has 0 unspecified atom stereocenters. The molecule has 2 rings (SSSR count). The maximum absolute atomic E-state index is 12.6. The van der Waals surface area contributed by atoms with Crippen LogP contribution < -0.4 is 16.4 Å². The highest BCUT2D eigenvalue weighted by atomic mass is 16.2. The molecule has 7 heteroatoms. The Morgan fingerprint density at radius 2 is 1.59 bits per heavy atom. The van der Waals surface area contributed by atoms with Crippen LogP contribution in [0, 0.1) is 11.8 Å². The molecule has 1 saturated heterocycles. The van der Waals surface area contributed by atoms with Gasteiger partial charge >= 0.3 is 0 Å². The zero-order valence-corrected chi connectivity index (χ0v) is 18.0. The van der Waals surface area contributed by atoms with Crippen LogP contribution in [0.3, 0.4) is 0 Å². The largest absolute Gasteiger partial charge is 0.348 e. The van der Waals surface area contributed by atoms with Crippen LogP contribution in [0.15, 0.2) is 30.3 Å². The molecule has 5 N–H and O–H groups in total. The molecule has 1 aromatic rings. The number of carbonyl (C=O) groups excluding carboxylic acids is 3. The van der Waals surface area contributed by atoms with Crippen molar-refractivity contribution < 1.29 is 20.1 Å². The number of hydrogen-bond acceptors (Lipinski definition) is 3. The highest BCUT2D eigenvalue weighted by Gasteiger charge is 2.33. The van der Waals surface area contributed by atoms with Gasteiger partial charge in [-0.05, 0) is 32.3 Å². The van der Waals surface area contributed by atoms with E-state index in [4.69, 9.17) is 0 Å². The van der Waals surface area contributed by atoms with Crippen LogP contribution >= 0.6 is 0 Å². The van der Waals surface area contributed by atoms with Gasteiger partial charge in [-0.1, -0.05) is 44.2 Å². The van der Waals surface area contributed by atoms with Crippen LogP contribution in [-0.4, -0.2) is 47.8 Å². The van der Waals surface area contributed by atoms with E-state index in [1.165, 1.54) is 0 Å². The lowest BCUT2D eigenvalue weighted by molar-refractivity contribution is -0.416. The summed E-state index contributed by atoms with van der Waals surface area (Å²) in [6.07, 6.45) is 1.22. The predicted molar refractivity (Wildman–Crippen MR) is 111 cm³/mol. The molecule has 0 aromatic heterocycles. The van der Waals surface area contributed by atoms with E-state index in [2.05, 4.69) is 16.4 Å². The molecule has 0 aliphatic carbocycles. The van der Waals surface area contributed by atoms with Gasteiger partial charge in [-0.15, -0.1) is 0 Å². The van der Waals surface area contributed by atoms with Crippen molar-refractivity contribution in [1.82, 2.24) is 15.5 Å². The Hall–Kier alpha value is -2.41. The number of amides is 3. The highest BCUT2D eigenvalue weighted by Crippen LogP contribution is 2.19. The van der Waals surface area contributed by atoms with Crippen molar-refractivity contribution in [2.75, 3.05) is 13.1 Å². The third-order valence-electron chi connectivity index (χ3n) is 5.71. The number of piperidine rings is 1. The SMILES string of the molecule is CC(C)[C@H]([NH3+])C(=O)N1CCC(C(=O)N[C@@H](C)C(=O)N[C@H](C)c2ccccc2)CC1. The number of benzene rings is 1. The van der Waals surface area contributed by atoms with E-state index < -0.39 is 6.04 Å². The smallest absolute Gasteiger partial charge is 0.280 e. The van der Waals surface area contributed by atoms with Crippen molar-refractivity contribution in [1.29, 1.82) is 0 Å². The van der Waals surface area contributed by atoms with E-state index >= 15 is 0 Å². The van der Waals surface area contributed by atoms with Gasteiger partial charge in [0.15, 0.2) is 6.04 Å². The fourth-order valence-electron chi connectivity index (χ4n) is 3.44. The van der Waals surface area contributed by atoms with Gasteiger partial charge in [0.1, 0.15) is 6.04 Å². The molecule has 7 nitrogen and oxygen atoms in total. The van der Waals surface area contributed by atoms with Gasteiger partial charge in [0, 0.05) is 24.9 Å². The minimum Gasteiger partial charge on any atom is -0.348 e. The molecule has 1 fully saturated rings. The molecule has 0 radical (unpaired) electrons. The number of nitrogens with one attached hydrogen (secondary N) is 2. The minimum absolute atomic E-state index is 0.0569. The lowest BCUT2D eigenvalue weighted by atomic mass is 9.94. The predicted octanol–water partition coefficient (Wildman–Crippen LogP) is 0.874. The third kappa shape index (κ3) is 6.29. The summed E-state index contributed by atoms with van der Waals surface area (Å²) in [6.45, 7) is 8.70. The van der Waals surface area contributed by atoms with Crippen molar-refractivity contribution in [3.05, 3.63) is 35.9 Å². The van der Waals surface area contributed by atoms with Crippen molar-refractivity contribution in [2.24, 2.45) is 11.8 Å². The number of nitrogens with zero attached hydrogens (tertiary/aromatic N) is 1. The van der Waals surface area contributed by atoms with Gasteiger partial charge in [0.05, 0.1) is 6.04 Å². The van der Waals surface area contributed by atoms with Crippen LogP contribution in [0.5, 0.6) is 0 Å². The standard InChI is InChI=1S/C22H34N4O3/c1-14(2)19(23)22(29)26-12-10-18(11-13-26)21(28)25-16(4)20(27)24-15(3)17-8-6-5-7-9-17/h5-9,14-16,18-19H,10-13,23H2,1-4H3,(H,24,27)(H,25,28)/p+1/t15-,16+,19+/m1/s1. The van der Waals surface area contributed by atoms with Gasteiger partial charge in [0.2, 0.25) is 11.8 Å². The number of rotatable bonds is 7. The van der Waals surface area contributed by atoms with Crippen molar-refractivity contribution >= 4 is 17.7 Å². The molecule has 1 heterocycles. The van der Waals surface area contributed by atoms with Gasteiger partial charge < -0.3 is 21.3 Å². The number of quaternary nitrogens is 1. The Labute approximate surface area is 173 Å². The molecule has 1 aromatic carbocycles. The fraction of sp³-hybridized carbons (Fsp3) is 0.591. The van der Waals surface area contributed by atoms with Crippen LogP contribution in [0.2, 0.25) is 0 Å². The highest BCUT2D eigenvalue weighted by molar-refractivity contribution is 5.88. The van der Waals surface area contributed by atoms with Crippen LogP contribution in [0.4, 0.5) is 0 Å². The second kappa shape index (κ2) is 10.4. The second-order valence-corrected chi connectivity index (χ2v) is 8.32. The van der Waals surface area contributed by atoms with Gasteiger partial charge in [0.25, 0.3) is 5.91 Å². The van der Waals surface area contributed by atoms with E-state index in [0.717, 1.165) is 5.56 Å². The van der Waals surface area contributed by atoms with Crippen LogP contribution in [0.1, 0.15) is 52.1 Å². The maximum Gasteiger partial charge on any atom is 0.280 e. The van der Waals surface area contributed by atoms with Crippen LogP contribution in [-0.2, 0) is 14.4 Å². The molecule has 3 atom stereocenters. The Kier molecular flexibility index (Phi) is 8.20. The summed E-state index contributed by atoms with van der Waals surface area (Å²) >= 11 is 0. The lowest BCUT2D eigenvalue weighted by Crippen LogP contribution is -2.70. The average molecular weight is 404 g/mol. The quantitative estimate of drug-likeness (QED) is 0.629. The zero-order valence-electron chi connectivity index (χ0n) is 18.0. The van der Waals surface area contributed by atoms with Crippen molar-refractivity contribution in [3.8, 4) is 0 Å². The molecule has 3 amide bonds. The van der Waals surface area contributed by atoms with Gasteiger partial charge in [-0.3, -0.25) is 14.4 Å².